The van der Waals surface area contributed by atoms with Crippen molar-refractivity contribution in [1.82, 2.24) is 0 Å². The van der Waals surface area contributed by atoms with Crippen LogP contribution in [0, 0.1) is 0 Å². The van der Waals surface area contributed by atoms with Crippen LogP contribution in [0.1, 0.15) is 0 Å². The summed E-state index contributed by atoms with van der Waals surface area (Å²) in [5, 5.41) is 0. The van der Waals surface area contributed by atoms with Crippen LogP contribution in [0.2, 0.25) is 0 Å². The molecule has 0 aliphatic carbocycles. The molecule has 0 radical (unpaired) electrons. The Morgan fingerprint density at radius 2 is 1.25 bits per heavy atom. The molecule has 0 aromatic heterocycles. The molecular formula is H3InMoOW. The van der Waals surface area contributed by atoms with Crippen LogP contribution in [0.5, 0.6) is 0 Å². The largest absolute Gasteiger partial charge is 0 e. The monoisotopic (exact) mass is 416 g/mol. The van der Waals surface area contributed by atoms with Gasteiger partial charge < -0.3 is 0 Å². The summed E-state index contributed by atoms with van der Waals surface area (Å²) in [4.78, 5) is 0. The van der Waals surface area contributed by atoms with E-state index in [2.05, 4.69) is 0 Å². The third-order valence-electron chi connectivity index (χ3n) is 0. The quantitative estimate of drug-likeness (QED) is 0.451. The van der Waals surface area contributed by atoms with Gasteiger partial charge >= 0.3 is 49.0 Å². The third-order valence-corrected chi connectivity index (χ3v) is 0. The maximum atomic E-state index is 8.26. The van der Waals surface area contributed by atoms with Crippen molar-refractivity contribution in [3.8, 4) is 0 Å². The molecule has 0 bridgehead atoms. The molecule has 0 aromatic rings. The molecule has 24 valence electrons. The molecular weight excluding hydrogens is 411 g/mol. The Kier molecular flexibility index (Phi) is 81.8. The molecule has 0 atom stereocenters. The van der Waals surface area contributed by atoms with Crippen molar-refractivity contribution < 1.29 is 44.2 Å². The van der Waals surface area contributed by atoms with Crippen molar-refractivity contribution in [1.29, 1.82) is 0 Å². The Morgan fingerprint density at radius 1 is 1.25 bits per heavy atom. The van der Waals surface area contributed by atoms with Crippen molar-refractivity contribution in [2.24, 2.45) is 0 Å². The molecule has 4 heteroatoms. The molecule has 0 aromatic carbocycles. The standard InChI is InChI=1S/In.Mo.O.W.3H. The average molecular weight is 414 g/mol. The molecule has 0 unspecified atom stereocenters. The van der Waals surface area contributed by atoms with E-state index in [1.807, 2.05) is 0 Å². The maximum absolute atomic E-state index is 8.26. The molecule has 0 rings (SSSR count). The Hall–Kier alpha value is 2.05. The van der Waals surface area contributed by atoms with Crippen molar-refractivity contribution in [3.63, 3.8) is 0 Å². The zero-order chi connectivity index (χ0) is 2.00. The first-order valence-electron chi connectivity index (χ1n) is 0.167. The summed E-state index contributed by atoms with van der Waals surface area (Å²) in [6, 6.07) is 0. The average Bonchev–Trinajstić information content (AvgIpc) is 1.00. The van der Waals surface area contributed by atoms with Crippen molar-refractivity contribution >= 4 is 25.8 Å². The third kappa shape index (κ3) is 8.97. The van der Waals surface area contributed by atoms with Gasteiger partial charge in [-0.1, -0.05) is 0 Å². The van der Waals surface area contributed by atoms with Crippen LogP contribution in [0.4, 0.5) is 0 Å². The van der Waals surface area contributed by atoms with Gasteiger partial charge in [0.25, 0.3) is 0 Å². The first-order valence-corrected chi connectivity index (χ1v) is 0.986. The first-order chi connectivity index (χ1) is 1.00. The molecule has 0 fully saturated rings. The zero-order valence-electron chi connectivity index (χ0n) is 1.22. The first kappa shape index (κ1) is 16.6. The van der Waals surface area contributed by atoms with Gasteiger partial charge in [-0.15, -0.1) is 0 Å². The molecule has 0 aliphatic heterocycles. The summed E-state index contributed by atoms with van der Waals surface area (Å²) in [7, 11) is 0. The fourth-order valence-corrected chi connectivity index (χ4v) is 0. The maximum Gasteiger partial charge on any atom is 0 e. The Labute approximate surface area is 69.2 Å². The number of hydrogen-bond acceptors (Lipinski definition) is 1. The molecule has 0 spiro atoms. The van der Waals surface area contributed by atoms with Gasteiger partial charge in [-0.05, 0) is 0 Å². The molecule has 4 heavy (non-hydrogen) atoms. The van der Waals surface area contributed by atoms with Crippen LogP contribution in [0.3, 0.4) is 0 Å². The summed E-state index contributed by atoms with van der Waals surface area (Å²) in [6.45, 7) is 0. The second-order valence-corrected chi connectivity index (χ2v) is 0. The van der Waals surface area contributed by atoms with Crippen LogP contribution in [0.25, 0.3) is 0 Å². The summed E-state index contributed by atoms with van der Waals surface area (Å²) >= 11 is 0.700. The molecule has 0 amide bonds. The summed E-state index contributed by atoms with van der Waals surface area (Å²) < 4.78 is 8.26. The van der Waals surface area contributed by atoms with Gasteiger partial charge in [-0.2, -0.15) is 0 Å². The van der Waals surface area contributed by atoms with E-state index >= 15 is 0 Å². The van der Waals surface area contributed by atoms with Gasteiger partial charge in [0.15, 0.2) is 0 Å². The SMILES string of the molecule is [InH3].[O]=[Mo].[W]. The van der Waals surface area contributed by atoms with Crippen LogP contribution in [0.15, 0.2) is 0 Å². The number of rotatable bonds is 0. The van der Waals surface area contributed by atoms with Gasteiger partial charge in [0.2, 0.25) is 0 Å². The Bertz CT molecular complexity index is 8.00. The second-order valence-electron chi connectivity index (χ2n) is 0. The van der Waals surface area contributed by atoms with E-state index in [4.69, 9.17) is 3.40 Å². The molecule has 0 aliphatic rings. The predicted octanol–water partition coefficient (Wildman–Crippen LogP) is -1.31. The molecule has 0 N–H and O–H groups in total. The van der Waals surface area contributed by atoms with E-state index < -0.39 is 0 Å². The zero-order valence-corrected chi connectivity index (χ0v) is 6.17. The fraction of sp³-hybridized carbons (Fsp3) is 0. The van der Waals surface area contributed by atoms with Gasteiger partial charge in [0.1, 0.15) is 0 Å². The van der Waals surface area contributed by atoms with E-state index in [9.17, 15) is 0 Å². The van der Waals surface area contributed by atoms with Crippen molar-refractivity contribution in [2.75, 3.05) is 0 Å². The molecule has 0 saturated heterocycles. The topological polar surface area (TPSA) is 17.1 Å². The Balaban J connectivity index is -0.00000000500. The van der Waals surface area contributed by atoms with E-state index in [1.54, 1.807) is 0 Å². The van der Waals surface area contributed by atoms with E-state index in [-0.39, 0.29) is 46.9 Å². The van der Waals surface area contributed by atoms with E-state index in [1.165, 1.54) is 0 Å². The summed E-state index contributed by atoms with van der Waals surface area (Å²) in [5.74, 6) is 0. The van der Waals surface area contributed by atoms with Gasteiger partial charge in [-0.25, -0.2) is 0 Å². The second kappa shape index (κ2) is 19.7. The fourth-order valence-electron chi connectivity index (χ4n) is 0. The molecule has 0 heterocycles. The van der Waals surface area contributed by atoms with Gasteiger partial charge in [0, 0.05) is 21.1 Å². The minimum absolute atomic E-state index is 0. The van der Waals surface area contributed by atoms with Crippen LogP contribution in [-0.4, -0.2) is 25.8 Å². The van der Waals surface area contributed by atoms with Crippen molar-refractivity contribution in [2.45, 2.75) is 0 Å². The van der Waals surface area contributed by atoms with Gasteiger partial charge in [0.05, 0.1) is 0 Å². The summed E-state index contributed by atoms with van der Waals surface area (Å²) in [5.41, 5.74) is 0. The minimum Gasteiger partial charge on any atom is 0 e. The molecule has 0 saturated carbocycles. The minimum atomic E-state index is 0. The summed E-state index contributed by atoms with van der Waals surface area (Å²) in [6.07, 6.45) is 0. The van der Waals surface area contributed by atoms with Gasteiger partial charge in [-0.3, -0.25) is 0 Å². The van der Waals surface area contributed by atoms with Crippen LogP contribution in [-0.2, 0) is 44.2 Å². The van der Waals surface area contributed by atoms with E-state index in [0.29, 0.717) is 19.8 Å². The van der Waals surface area contributed by atoms with Crippen LogP contribution < -0.4 is 0 Å². The molecule has 1 nitrogen and oxygen atoms in total. The Morgan fingerprint density at radius 3 is 1.25 bits per heavy atom. The number of hydrogen-bond donors (Lipinski definition) is 0. The smallest absolute Gasteiger partial charge is 0 e. The predicted molar refractivity (Wildman–Crippen MR) is 10.6 cm³/mol. The van der Waals surface area contributed by atoms with Crippen LogP contribution >= 0.6 is 0 Å². The van der Waals surface area contributed by atoms with E-state index in [0.717, 1.165) is 0 Å². The van der Waals surface area contributed by atoms with Crippen molar-refractivity contribution in [3.05, 3.63) is 0 Å². The normalized spacial score (nSPS) is 1.00.